The van der Waals surface area contributed by atoms with Crippen LogP contribution in [0.1, 0.15) is 12.0 Å². The maximum atomic E-state index is 12.0. The zero-order chi connectivity index (χ0) is 13.1. The summed E-state index contributed by atoms with van der Waals surface area (Å²) in [5, 5.41) is 3.52. The van der Waals surface area contributed by atoms with Crippen molar-refractivity contribution in [1.29, 1.82) is 0 Å². The molecule has 94 valence electrons. The van der Waals surface area contributed by atoms with Crippen molar-refractivity contribution >= 4 is 17.4 Å². The van der Waals surface area contributed by atoms with Crippen LogP contribution in [-0.2, 0) is 4.79 Å². The van der Waals surface area contributed by atoms with Crippen LogP contribution in [0.15, 0.2) is 17.4 Å². The van der Waals surface area contributed by atoms with Crippen molar-refractivity contribution in [2.24, 2.45) is 11.0 Å². The molecule has 1 aliphatic heterocycles. The third-order valence-electron chi connectivity index (χ3n) is 3.03. The van der Waals surface area contributed by atoms with Crippen LogP contribution in [0, 0.1) is 12.8 Å². The predicted octanol–water partition coefficient (Wildman–Crippen LogP) is 1.64. The minimum absolute atomic E-state index is 0.00376. The van der Waals surface area contributed by atoms with Gasteiger partial charge in [0, 0.05) is 30.6 Å². The second-order valence-corrected chi connectivity index (χ2v) is 4.35. The number of nitrogens with two attached hydrogens (primary N) is 1. The van der Waals surface area contributed by atoms with Crippen LogP contribution in [0.2, 0.25) is 0 Å². The van der Waals surface area contributed by atoms with Crippen molar-refractivity contribution in [3.8, 4) is 0 Å². The molecule has 2 heterocycles. The molecule has 1 aromatic rings. The molecule has 1 atom stereocenters. The Balaban J connectivity index is 2.24. The van der Waals surface area contributed by atoms with E-state index in [1.54, 1.807) is 11.1 Å². The van der Waals surface area contributed by atoms with Crippen LogP contribution in [0.25, 0.3) is 10.4 Å². The molecule has 0 radical (unpaired) electrons. The third-order valence-corrected chi connectivity index (χ3v) is 3.03. The summed E-state index contributed by atoms with van der Waals surface area (Å²) in [6.07, 6.45) is 2.00. The summed E-state index contributed by atoms with van der Waals surface area (Å²) in [6.45, 7) is 2.74. The van der Waals surface area contributed by atoms with Crippen molar-refractivity contribution < 1.29 is 4.79 Å². The van der Waals surface area contributed by atoms with Gasteiger partial charge >= 0.3 is 0 Å². The van der Waals surface area contributed by atoms with E-state index in [9.17, 15) is 4.79 Å². The molecule has 18 heavy (non-hydrogen) atoms. The van der Waals surface area contributed by atoms with Crippen molar-refractivity contribution in [3.63, 3.8) is 0 Å². The summed E-state index contributed by atoms with van der Waals surface area (Å²) in [5.41, 5.74) is 15.7. The summed E-state index contributed by atoms with van der Waals surface area (Å²) in [6, 6.07) is 1.82. The zero-order valence-electron chi connectivity index (χ0n) is 10.1. The van der Waals surface area contributed by atoms with E-state index >= 15 is 0 Å². The van der Waals surface area contributed by atoms with Gasteiger partial charge in [0.15, 0.2) is 0 Å². The smallest absolute Gasteiger partial charge is 0.227 e. The number of nitrogen functional groups attached to an aromatic ring is 1. The number of azide groups is 1. The molecule has 7 nitrogen and oxygen atoms in total. The number of rotatable bonds is 3. The standard InChI is InChI=1S/C11H14N6O/c1-7-2-3-14-11(12)10(7)17-6-8(4-9(17)18)5-15-16-13/h2-3,8H,4-6H2,1H3,(H2,12,14). The SMILES string of the molecule is Cc1ccnc(N)c1N1CC(CN=[N+]=[N-])CC1=O. The van der Waals surface area contributed by atoms with E-state index in [1.807, 2.05) is 13.0 Å². The van der Waals surface area contributed by atoms with Gasteiger partial charge in [0.1, 0.15) is 5.82 Å². The summed E-state index contributed by atoms with van der Waals surface area (Å²) in [5.74, 6) is 0.399. The molecular formula is C11H14N6O. The van der Waals surface area contributed by atoms with Gasteiger partial charge < -0.3 is 10.6 Å². The number of aromatic nitrogens is 1. The first kappa shape index (κ1) is 12.2. The van der Waals surface area contributed by atoms with Crippen molar-refractivity contribution in [1.82, 2.24) is 4.98 Å². The largest absolute Gasteiger partial charge is 0.382 e. The van der Waals surface area contributed by atoms with E-state index in [2.05, 4.69) is 15.0 Å². The van der Waals surface area contributed by atoms with Gasteiger partial charge in [-0.25, -0.2) is 4.98 Å². The lowest BCUT2D eigenvalue weighted by Crippen LogP contribution is -2.27. The molecule has 1 saturated heterocycles. The fraction of sp³-hybridized carbons (Fsp3) is 0.455. The lowest BCUT2D eigenvalue weighted by Gasteiger charge is -2.20. The molecule has 0 saturated carbocycles. The van der Waals surface area contributed by atoms with E-state index in [4.69, 9.17) is 11.3 Å². The van der Waals surface area contributed by atoms with Crippen molar-refractivity contribution in [3.05, 3.63) is 28.3 Å². The van der Waals surface area contributed by atoms with E-state index in [0.717, 1.165) is 5.56 Å². The van der Waals surface area contributed by atoms with E-state index in [-0.39, 0.29) is 11.8 Å². The second kappa shape index (κ2) is 4.93. The molecular weight excluding hydrogens is 232 g/mol. The number of anilines is 2. The summed E-state index contributed by atoms with van der Waals surface area (Å²) in [4.78, 5) is 20.3. The molecule has 2 N–H and O–H groups in total. The number of nitrogens with zero attached hydrogens (tertiary/aromatic N) is 5. The van der Waals surface area contributed by atoms with Crippen LogP contribution in [0.4, 0.5) is 11.5 Å². The van der Waals surface area contributed by atoms with E-state index in [1.165, 1.54) is 0 Å². The molecule has 1 amide bonds. The molecule has 0 aliphatic carbocycles. The molecule has 0 bridgehead atoms. The molecule has 7 heteroatoms. The van der Waals surface area contributed by atoms with Gasteiger partial charge in [0.25, 0.3) is 0 Å². The Morgan fingerprint density at radius 1 is 1.72 bits per heavy atom. The van der Waals surface area contributed by atoms with Crippen LogP contribution in [0.3, 0.4) is 0 Å². The zero-order valence-corrected chi connectivity index (χ0v) is 10.1. The van der Waals surface area contributed by atoms with Crippen LogP contribution >= 0.6 is 0 Å². The lowest BCUT2D eigenvalue weighted by atomic mass is 10.1. The highest BCUT2D eigenvalue weighted by molar-refractivity contribution is 5.98. The Hall–Kier alpha value is -2.27. The Morgan fingerprint density at radius 2 is 2.50 bits per heavy atom. The number of hydrogen-bond acceptors (Lipinski definition) is 4. The highest BCUT2D eigenvalue weighted by Crippen LogP contribution is 2.31. The minimum Gasteiger partial charge on any atom is -0.382 e. The Kier molecular flexibility index (Phi) is 3.34. The Bertz CT molecular complexity index is 502. The number of amides is 1. The highest BCUT2D eigenvalue weighted by atomic mass is 16.2. The Labute approximate surface area is 104 Å². The van der Waals surface area contributed by atoms with E-state index < -0.39 is 0 Å². The fourth-order valence-corrected chi connectivity index (χ4v) is 2.19. The minimum atomic E-state index is -0.00376. The summed E-state index contributed by atoms with van der Waals surface area (Å²) < 4.78 is 0. The highest BCUT2D eigenvalue weighted by Gasteiger charge is 2.32. The average molecular weight is 246 g/mol. The maximum absolute atomic E-state index is 12.0. The van der Waals surface area contributed by atoms with Gasteiger partial charge in [0.2, 0.25) is 5.91 Å². The monoisotopic (exact) mass is 246 g/mol. The summed E-state index contributed by atoms with van der Waals surface area (Å²) >= 11 is 0. The van der Waals surface area contributed by atoms with Gasteiger partial charge in [-0.1, -0.05) is 5.11 Å². The number of aryl methyl sites for hydroxylation is 1. The van der Waals surface area contributed by atoms with Crippen molar-refractivity contribution in [2.45, 2.75) is 13.3 Å². The molecule has 0 aromatic carbocycles. The van der Waals surface area contributed by atoms with Gasteiger partial charge in [0.05, 0.1) is 5.69 Å². The van der Waals surface area contributed by atoms with Gasteiger partial charge in [-0.2, -0.15) is 0 Å². The number of pyridine rings is 1. The van der Waals surface area contributed by atoms with Gasteiger partial charge in [-0.15, -0.1) is 0 Å². The Morgan fingerprint density at radius 3 is 3.17 bits per heavy atom. The normalized spacial score (nSPS) is 18.8. The average Bonchev–Trinajstić information content (AvgIpc) is 2.68. The number of carbonyl (C=O) groups is 1. The fourth-order valence-electron chi connectivity index (χ4n) is 2.19. The van der Waals surface area contributed by atoms with Crippen molar-refractivity contribution in [2.75, 3.05) is 23.7 Å². The lowest BCUT2D eigenvalue weighted by molar-refractivity contribution is -0.117. The first-order chi connectivity index (χ1) is 8.63. The summed E-state index contributed by atoms with van der Waals surface area (Å²) in [7, 11) is 0. The molecule has 1 aliphatic rings. The second-order valence-electron chi connectivity index (χ2n) is 4.35. The first-order valence-corrected chi connectivity index (χ1v) is 5.65. The van der Waals surface area contributed by atoms with Crippen LogP contribution < -0.4 is 10.6 Å². The number of hydrogen-bond donors (Lipinski definition) is 1. The molecule has 1 aromatic heterocycles. The quantitative estimate of drug-likeness (QED) is 0.497. The first-order valence-electron chi connectivity index (χ1n) is 5.65. The molecule has 2 rings (SSSR count). The third kappa shape index (κ3) is 2.21. The molecule has 1 fully saturated rings. The van der Waals surface area contributed by atoms with Gasteiger partial charge in [-0.05, 0) is 30.0 Å². The van der Waals surface area contributed by atoms with Crippen LogP contribution in [-0.4, -0.2) is 24.0 Å². The van der Waals surface area contributed by atoms with Gasteiger partial charge in [-0.3, -0.25) is 4.79 Å². The maximum Gasteiger partial charge on any atom is 0.227 e. The van der Waals surface area contributed by atoms with E-state index in [0.29, 0.717) is 31.0 Å². The van der Waals surface area contributed by atoms with Crippen LogP contribution in [0.5, 0.6) is 0 Å². The predicted molar refractivity (Wildman–Crippen MR) is 67.9 cm³/mol. The molecule has 1 unspecified atom stereocenters. The molecule has 0 spiro atoms. The number of carbonyl (C=O) groups excluding carboxylic acids is 1. The topological polar surface area (TPSA) is 108 Å².